The molecule has 24 heavy (non-hydrogen) atoms. The van der Waals surface area contributed by atoms with E-state index in [2.05, 4.69) is 9.97 Å². The van der Waals surface area contributed by atoms with E-state index < -0.39 is 10.2 Å². The molecule has 1 atom stereocenters. The van der Waals surface area contributed by atoms with Crippen molar-refractivity contribution in [3.63, 3.8) is 0 Å². The maximum atomic E-state index is 12.7. The molecule has 2 aliphatic rings. The van der Waals surface area contributed by atoms with Gasteiger partial charge in [-0.2, -0.15) is 17.0 Å². The Balaban J connectivity index is 1.57. The van der Waals surface area contributed by atoms with Crippen LogP contribution >= 0.6 is 0 Å². The van der Waals surface area contributed by atoms with Crippen molar-refractivity contribution in [2.75, 3.05) is 46.0 Å². The van der Waals surface area contributed by atoms with Crippen molar-refractivity contribution >= 4 is 10.2 Å². The number of nitrogens with zero attached hydrogens (tertiary/aromatic N) is 4. The minimum atomic E-state index is -3.43. The first-order chi connectivity index (χ1) is 11.6. The Labute approximate surface area is 143 Å². The molecule has 3 rings (SSSR count). The summed E-state index contributed by atoms with van der Waals surface area (Å²) in [5.41, 5.74) is 1.89. The van der Waals surface area contributed by atoms with Gasteiger partial charge in [0.2, 0.25) is 0 Å². The molecular formula is C15H24N4O4S. The van der Waals surface area contributed by atoms with Crippen LogP contribution in [0.15, 0.2) is 12.4 Å². The number of aryl methyl sites for hydroxylation is 2. The van der Waals surface area contributed by atoms with Gasteiger partial charge < -0.3 is 9.47 Å². The van der Waals surface area contributed by atoms with Crippen LogP contribution in [-0.2, 0) is 26.1 Å². The van der Waals surface area contributed by atoms with Crippen LogP contribution in [0.2, 0.25) is 0 Å². The van der Waals surface area contributed by atoms with Crippen LogP contribution in [0.1, 0.15) is 17.8 Å². The van der Waals surface area contributed by atoms with Crippen LogP contribution in [0.3, 0.4) is 0 Å². The summed E-state index contributed by atoms with van der Waals surface area (Å²) >= 11 is 0. The number of rotatable bonds is 5. The zero-order chi connectivity index (χ0) is 17.0. The van der Waals surface area contributed by atoms with Gasteiger partial charge in [0.25, 0.3) is 10.2 Å². The van der Waals surface area contributed by atoms with Gasteiger partial charge in [0, 0.05) is 37.6 Å². The highest BCUT2D eigenvalue weighted by atomic mass is 32.2. The first-order valence-corrected chi connectivity index (χ1v) is 9.67. The Morgan fingerprint density at radius 1 is 1.17 bits per heavy atom. The molecule has 2 saturated heterocycles. The fourth-order valence-electron chi connectivity index (χ4n) is 2.97. The molecule has 0 aliphatic carbocycles. The molecule has 0 spiro atoms. The van der Waals surface area contributed by atoms with Crippen LogP contribution in [-0.4, -0.2) is 79.1 Å². The van der Waals surface area contributed by atoms with Gasteiger partial charge in [0.05, 0.1) is 25.9 Å². The van der Waals surface area contributed by atoms with E-state index >= 15 is 0 Å². The van der Waals surface area contributed by atoms with Gasteiger partial charge in [-0.1, -0.05) is 0 Å². The molecule has 1 aromatic rings. The second-order valence-corrected chi connectivity index (χ2v) is 7.99. The van der Waals surface area contributed by atoms with Crippen LogP contribution in [0.25, 0.3) is 0 Å². The highest BCUT2D eigenvalue weighted by Crippen LogP contribution is 2.18. The average molecular weight is 356 g/mol. The molecule has 2 aliphatic heterocycles. The zero-order valence-corrected chi connectivity index (χ0v) is 14.7. The van der Waals surface area contributed by atoms with Crippen molar-refractivity contribution in [1.29, 1.82) is 0 Å². The summed E-state index contributed by atoms with van der Waals surface area (Å²) in [6.45, 7) is 4.91. The predicted octanol–water partition coefficient (Wildman–Crippen LogP) is -0.00458. The summed E-state index contributed by atoms with van der Waals surface area (Å²) < 4.78 is 39.5. The third-order valence-electron chi connectivity index (χ3n) is 4.31. The number of ether oxygens (including phenoxy) is 2. The van der Waals surface area contributed by atoms with Gasteiger partial charge in [-0.05, 0) is 25.8 Å². The highest BCUT2D eigenvalue weighted by molar-refractivity contribution is 7.86. The maximum absolute atomic E-state index is 12.7. The van der Waals surface area contributed by atoms with Crippen molar-refractivity contribution in [2.45, 2.75) is 25.9 Å². The van der Waals surface area contributed by atoms with Gasteiger partial charge in [0.1, 0.15) is 6.33 Å². The Hall–Kier alpha value is -1.13. The molecule has 0 unspecified atom stereocenters. The minimum Gasteiger partial charge on any atom is -0.379 e. The lowest BCUT2D eigenvalue weighted by atomic mass is 10.1. The van der Waals surface area contributed by atoms with Crippen molar-refractivity contribution in [2.24, 2.45) is 0 Å². The first-order valence-electron chi connectivity index (χ1n) is 8.28. The van der Waals surface area contributed by atoms with Crippen LogP contribution in [0.5, 0.6) is 0 Å². The molecule has 8 nitrogen and oxygen atoms in total. The van der Waals surface area contributed by atoms with E-state index in [1.54, 1.807) is 6.33 Å². The zero-order valence-electron chi connectivity index (χ0n) is 13.9. The lowest BCUT2D eigenvalue weighted by Crippen LogP contribution is -2.53. The summed E-state index contributed by atoms with van der Waals surface area (Å²) in [7, 11) is -3.43. The lowest BCUT2D eigenvalue weighted by molar-refractivity contribution is -0.00878. The Kier molecular flexibility index (Phi) is 5.77. The molecule has 0 amide bonds. The second kappa shape index (κ2) is 7.83. The molecule has 0 aromatic carbocycles. The third kappa shape index (κ3) is 4.28. The monoisotopic (exact) mass is 356 g/mol. The topological polar surface area (TPSA) is 84.9 Å². The fraction of sp³-hybridized carbons (Fsp3) is 0.733. The smallest absolute Gasteiger partial charge is 0.282 e. The molecule has 0 bridgehead atoms. The van der Waals surface area contributed by atoms with Crippen molar-refractivity contribution in [1.82, 2.24) is 18.6 Å². The molecular weight excluding hydrogens is 332 g/mol. The fourth-order valence-corrected chi connectivity index (χ4v) is 4.57. The van der Waals surface area contributed by atoms with E-state index in [4.69, 9.17) is 9.47 Å². The first kappa shape index (κ1) is 17.7. The number of morpholine rings is 2. The highest BCUT2D eigenvalue weighted by Gasteiger charge is 2.34. The SMILES string of the molecule is Cc1cc(CC[C@@H]2CN(S(=O)(=O)N3CCOCC3)CCO2)ncn1. The van der Waals surface area contributed by atoms with E-state index in [0.717, 1.165) is 24.2 Å². The van der Waals surface area contributed by atoms with E-state index in [1.807, 2.05) is 13.0 Å². The Morgan fingerprint density at radius 2 is 1.92 bits per heavy atom. The molecule has 2 fully saturated rings. The molecule has 0 saturated carbocycles. The molecule has 0 N–H and O–H groups in total. The standard InChI is InChI=1S/C15H24N4O4S/c1-13-10-14(17-12-16-13)2-3-15-11-19(6-9-23-15)24(20,21)18-4-7-22-8-5-18/h10,12,15H,2-9,11H2,1H3/t15-/m1/s1. The predicted molar refractivity (Wildman–Crippen MR) is 87.7 cm³/mol. The van der Waals surface area contributed by atoms with Crippen LogP contribution in [0, 0.1) is 6.92 Å². The number of aromatic nitrogens is 2. The average Bonchev–Trinajstić information content (AvgIpc) is 2.61. The molecule has 134 valence electrons. The summed E-state index contributed by atoms with van der Waals surface area (Å²) in [5.74, 6) is 0. The van der Waals surface area contributed by atoms with Crippen LogP contribution < -0.4 is 0 Å². The summed E-state index contributed by atoms with van der Waals surface area (Å²) in [6.07, 6.45) is 2.94. The van der Waals surface area contributed by atoms with Gasteiger partial charge in [-0.3, -0.25) is 0 Å². The Bertz CT molecular complexity index is 649. The molecule has 9 heteroatoms. The quantitative estimate of drug-likeness (QED) is 0.738. The second-order valence-electron chi connectivity index (χ2n) is 6.06. The summed E-state index contributed by atoms with van der Waals surface area (Å²) in [6, 6.07) is 1.95. The van der Waals surface area contributed by atoms with Gasteiger partial charge >= 0.3 is 0 Å². The third-order valence-corrected chi connectivity index (χ3v) is 6.31. The molecule has 0 radical (unpaired) electrons. The normalized spacial score (nSPS) is 24.1. The Morgan fingerprint density at radius 3 is 2.67 bits per heavy atom. The van der Waals surface area contributed by atoms with E-state index in [-0.39, 0.29) is 6.10 Å². The number of hydrogen-bond acceptors (Lipinski definition) is 6. The van der Waals surface area contributed by atoms with Crippen molar-refractivity contribution < 1.29 is 17.9 Å². The van der Waals surface area contributed by atoms with Crippen LogP contribution in [0.4, 0.5) is 0 Å². The summed E-state index contributed by atoms with van der Waals surface area (Å²) in [5, 5.41) is 0. The van der Waals surface area contributed by atoms with Gasteiger partial charge in [-0.15, -0.1) is 0 Å². The lowest BCUT2D eigenvalue weighted by Gasteiger charge is -2.36. The largest absolute Gasteiger partial charge is 0.379 e. The van der Waals surface area contributed by atoms with E-state index in [1.165, 1.54) is 8.61 Å². The minimum absolute atomic E-state index is 0.107. The summed E-state index contributed by atoms with van der Waals surface area (Å²) in [4.78, 5) is 8.33. The van der Waals surface area contributed by atoms with E-state index in [9.17, 15) is 8.42 Å². The molecule has 1 aromatic heterocycles. The van der Waals surface area contributed by atoms with Crippen molar-refractivity contribution in [3.05, 3.63) is 23.8 Å². The number of hydrogen-bond donors (Lipinski definition) is 0. The molecule has 3 heterocycles. The van der Waals surface area contributed by atoms with Crippen molar-refractivity contribution in [3.8, 4) is 0 Å². The maximum Gasteiger partial charge on any atom is 0.282 e. The van der Waals surface area contributed by atoms with Gasteiger partial charge in [0.15, 0.2) is 0 Å². The van der Waals surface area contributed by atoms with E-state index in [0.29, 0.717) is 46.0 Å². The van der Waals surface area contributed by atoms with Gasteiger partial charge in [-0.25, -0.2) is 9.97 Å².